The molecular formula is C31H36O10. The number of hydrogen-bond donors (Lipinski definition) is 2. The number of rotatable bonds is 5. The molecule has 220 valence electrons. The fourth-order valence-corrected chi connectivity index (χ4v) is 9.06. The molecule has 2 bridgehead atoms. The lowest BCUT2D eigenvalue weighted by Crippen LogP contribution is -2.76. The highest BCUT2D eigenvalue weighted by Gasteiger charge is 2.89. The van der Waals surface area contributed by atoms with Crippen LogP contribution in [0.5, 0.6) is 0 Å². The van der Waals surface area contributed by atoms with Crippen molar-refractivity contribution in [3.63, 3.8) is 0 Å². The van der Waals surface area contributed by atoms with E-state index in [-0.39, 0.29) is 18.4 Å². The summed E-state index contributed by atoms with van der Waals surface area (Å²) >= 11 is 0. The van der Waals surface area contributed by atoms with E-state index < -0.39 is 75.2 Å². The quantitative estimate of drug-likeness (QED) is 0.401. The number of hydrogen-bond acceptors (Lipinski definition) is 10. The SMILES string of the molecule is COC(=O)C[C@H]1[C@@]2(C)C[C@]3(O)[C@@](O)(C(=O)C4=C(CC[C@]5(C)C4=CC(=O)O[C@H]5c4ccoc4)[C@]13C)[C@H]2OC(=O)C(C)C. The predicted molar refractivity (Wildman–Crippen MR) is 141 cm³/mol. The van der Waals surface area contributed by atoms with Gasteiger partial charge in [0.1, 0.15) is 17.8 Å². The third-order valence-corrected chi connectivity index (χ3v) is 11.1. The second kappa shape index (κ2) is 8.41. The third kappa shape index (κ3) is 3.10. The smallest absolute Gasteiger partial charge is 0.331 e. The summed E-state index contributed by atoms with van der Waals surface area (Å²) in [5.74, 6) is -3.82. The van der Waals surface area contributed by atoms with Crippen LogP contribution < -0.4 is 0 Å². The highest BCUT2D eigenvalue weighted by molar-refractivity contribution is 6.11. The molecule has 0 spiro atoms. The molecule has 10 heteroatoms. The average Bonchev–Trinajstić information content (AvgIpc) is 3.55. The van der Waals surface area contributed by atoms with Gasteiger partial charge in [-0.1, -0.05) is 34.6 Å². The van der Waals surface area contributed by atoms with E-state index in [2.05, 4.69) is 0 Å². The standard InChI is InChI=1S/C31H36O10/c1-15(2)25(35)41-26-28(4)14-30(36)29(5,19(28)12-20(32)38-6)17-7-9-27(3)18(22(17)23(34)31(26,30)37)11-21(33)40-24(27)16-8-10-39-13-16/h8,10-11,13,15,19,24,26,36-37H,7,9,12,14H2,1-6H3/t19-,24-,26-,27+,28+,29+,30+,31+/m0/s1. The molecule has 0 radical (unpaired) electrons. The van der Waals surface area contributed by atoms with Gasteiger partial charge in [-0.2, -0.15) is 0 Å². The molecule has 2 N–H and O–H groups in total. The van der Waals surface area contributed by atoms with Gasteiger partial charge in [-0.05, 0) is 42.4 Å². The lowest BCUT2D eigenvalue weighted by atomic mass is 9.44. The Morgan fingerprint density at radius 3 is 2.49 bits per heavy atom. The van der Waals surface area contributed by atoms with Gasteiger partial charge in [-0.15, -0.1) is 0 Å². The molecular weight excluding hydrogens is 532 g/mol. The van der Waals surface area contributed by atoms with Crippen molar-refractivity contribution in [3.8, 4) is 0 Å². The molecule has 41 heavy (non-hydrogen) atoms. The third-order valence-electron chi connectivity index (χ3n) is 11.1. The van der Waals surface area contributed by atoms with Crippen molar-refractivity contribution < 1.29 is 48.0 Å². The molecule has 10 nitrogen and oxygen atoms in total. The van der Waals surface area contributed by atoms with Crippen molar-refractivity contribution >= 4 is 23.7 Å². The number of esters is 3. The van der Waals surface area contributed by atoms with E-state index in [1.807, 2.05) is 6.92 Å². The van der Waals surface area contributed by atoms with Crippen LogP contribution in [0.1, 0.15) is 72.0 Å². The van der Waals surface area contributed by atoms with E-state index in [4.69, 9.17) is 18.6 Å². The maximum atomic E-state index is 14.7. The number of carbonyl (C=O) groups is 4. The van der Waals surface area contributed by atoms with Crippen LogP contribution in [-0.4, -0.2) is 58.3 Å². The number of ether oxygens (including phenoxy) is 3. The van der Waals surface area contributed by atoms with Crippen LogP contribution in [0.25, 0.3) is 0 Å². The van der Waals surface area contributed by atoms with Crippen molar-refractivity contribution in [2.75, 3.05) is 7.11 Å². The largest absolute Gasteiger partial charge is 0.472 e. The highest BCUT2D eigenvalue weighted by Crippen LogP contribution is 2.79. The summed E-state index contributed by atoms with van der Waals surface area (Å²) in [6.07, 6.45) is 2.69. The Morgan fingerprint density at radius 1 is 1.17 bits per heavy atom. The number of fused-ring (bicyclic) bond motifs is 4. The first-order valence-corrected chi connectivity index (χ1v) is 14.1. The Bertz CT molecular complexity index is 1440. The summed E-state index contributed by atoms with van der Waals surface area (Å²) in [6, 6.07) is 1.70. The summed E-state index contributed by atoms with van der Waals surface area (Å²) in [5.41, 5.74) is -6.07. The molecule has 8 atom stereocenters. The molecule has 1 aromatic rings. The Hall–Kier alpha value is -3.24. The number of Topliss-reactive ketones (excluding diaryl/α,β-unsaturated/α-hetero) is 1. The fourth-order valence-electron chi connectivity index (χ4n) is 9.06. The topological polar surface area (TPSA) is 150 Å². The molecule has 2 heterocycles. The minimum atomic E-state index is -2.52. The zero-order valence-electron chi connectivity index (χ0n) is 24.1. The van der Waals surface area contributed by atoms with Gasteiger partial charge in [0.25, 0.3) is 0 Å². The van der Waals surface area contributed by atoms with Crippen LogP contribution >= 0.6 is 0 Å². The number of furan rings is 1. The molecule has 1 aliphatic heterocycles. The van der Waals surface area contributed by atoms with Crippen molar-refractivity contribution in [1.29, 1.82) is 0 Å². The zero-order valence-corrected chi connectivity index (χ0v) is 24.1. The summed E-state index contributed by atoms with van der Waals surface area (Å²) in [5, 5.41) is 25.0. The first-order valence-electron chi connectivity index (χ1n) is 14.1. The van der Waals surface area contributed by atoms with Crippen molar-refractivity contribution in [3.05, 3.63) is 47.0 Å². The Kier molecular flexibility index (Phi) is 5.72. The van der Waals surface area contributed by atoms with Gasteiger partial charge in [0.05, 0.1) is 25.6 Å². The molecule has 4 aliphatic carbocycles. The van der Waals surface area contributed by atoms with Crippen LogP contribution in [0.4, 0.5) is 0 Å². The van der Waals surface area contributed by atoms with Crippen LogP contribution in [0.15, 0.2) is 45.8 Å². The Balaban J connectivity index is 1.61. The van der Waals surface area contributed by atoms with E-state index in [0.29, 0.717) is 29.6 Å². The van der Waals surface area contributed by atoms with Gasteiger partial charge < -0.3 is 28.8 Å². The maximum absolute atomic E-state index is 14.7. The van der Waals surface area contributed by atoms with E-state index >= 15 is 0 Å². The molecule has 6 rings (SSSR count). The summed E-state index contributed by atoms with van der Waals surface area (Å²) < 4.78 is 22.0. The van der Waals surface area contributed by atoms with Gasteiger partial charge >= 0.3 is 17.9 Å². The minimum Gasteiger partial charge on any atom is -0.472 e. The number of cyclic esters (lactones) is 1. The predicted octanol–water partition coefficient (Wildman–Crippen LogP) is 3.12. The van der Waals surface area contributed by atoms with Gasteiger partial charge in [-0.25, -0.2) is 4.79 Å². The molecule has 0 saturated heterocycles. The van der Waals surface area contributed by atoms with Gasteiger partial charge in [0, 0.05) is 39.9 Å². The van der Waals surface area contributed by atoms with E-state index in [1.165, 1.54) is 25.7 Å². The van der Waals surface area contributed by atoms with Crippen LogP contribution in [0.3, 0.4) is 0 Å². The van der Waals surface area contributed by atoms with Crippen LogP contribution in [0.2, 0.25) is 0 Å². The molecule has 0 aromatic carbocycles. The highest BCUT2D eigenvalue weighted by atomic mass is 16.6. The summed E-state index contributed by atoms with van der Waals surface area (Å²) in [7, 11) is 1.27. The van der Waals surface area contributed by atoms with Gasteiger partial charge in [0.15, 0.2) is 5.60 Å². The molecule has 0 unspecified atom stereocenters. The number of ketones is 1. The van der Waals surface area contributed by atoms with Crippen molar-refractivity contribution in [1.82, 2.24) is 0 Å². The average molecular weight is 569 g/mol. The lowest BCUT2D eigenvalue weighted by Gasteiger charge is -2.63. The summed E-state index contributed by atoms with van der Waals surface area (Å²) in [6.45, 7) is 8.70. The monoisotopic (exact) mass is 568 g/mol. The second-order valence-corrected chi connectivity index (χ2v) is 13.3. The molecule has 2 saturated carbocycles. The van der Waals surface area contributed by atoms with Crippen LogP contribution in [-0.2, 0) is 33.4 Å². The molecule has 2 fully saturated rings. The first kappa shape index (κ1) is 27.9. The maximum Gasteiger partial charge on any atom is 0.331 e. The summed E-state index contributed by atoms with van der Waals surface area (Å²) in [4.78, 5) is 53.4. The Labute approximate surface area is 237 Å². The molecule has 0 amide bonds. The van der Waals surface area contributed by atoms with Gasteiger partial charge in [0.2, 0.25) is 5.78 Å². The van der Waals surface area contributed by atoms with E-state index in [0.717, 1.165) is 0 Å². The van der Waals surface area contributed by atoms with E-state index in [1.54, 1.807) is 33.8 Å². The number of carbonyl (C=O) groups excluding carboxylic acids is 4. The molecule has 1 aromatic heterocycles. The Morgan fingerprint density at radius 2 is 1.88 bits per heavy atom. The van der Waals surface area contributed by atoms with E-state index in [9.17, 15) is 29.4 Å². The fraction of sp³-hybridized carbons (Fsp3) is 0.613. The zero-order chi connectivity index (χ0) is 29.9. The normalized spacial score (nSPS) is 42.5. The van der Waals surface area contributed by atoms with Gasteiger partial charge in [-0.3, -0.25) is 14.4 Å². The minimum absolute atomic E-state index is 0.0662. The van der Waals surface area contributed by atoms with Crippen molar-refractivity contribution in [2.24, 2.45) is 28.1 Å². The van der Waals surface area contributed by atoms with Crippen molar-refractivity contribution in [2.45, 2.75) is 83.7 Å². The lowest BCUT2D eigenvalue weighted by molar-refractivity contribution is -0.251. The number of aliphatic hydroxyl groups is 2. The van der Waals surface area contributed by atoms with Crippen LogP contribution in [0, 0.1) is 28.1 Å². The second-order valence-electron chi connectivity index (χ2n) is 13.3. The number of methoxy groups -OCH3 is 1. The first-order chi connectivity index (χ1) is 19.1. The molecule has 5 aliphatic rings.